The minimum atomic E-state index is -5.06. The van der Waals surface area contributed by atoms with Crippen molar-refractivity contribution in [3.63, 3.8) is 0 Å². The van der Waals surface area contributed by atoms with Crippen LogP contribution >= 0.6 is 11.6 Å². The molecule has 0 aromatic heterocycles. The van der Waals surface area contributed by atoms with Crippen LogP contribution in [0.2, 0.25) is 5.02 Å². The molecule has 0 N–H and O–H groups in total. The third-order valence-electron chi connectivity index (χ3n) is 5.89. The fourth-order valence-electron chi connectivity index (χ4n) is 4.07. The van der Waals surface area contributed by atoms with Crippen molar-refractivity contribution in [3.8, 4) is 0 Å². The first-order valence-corrected chi connectivity index (χ1v) is 13.4. The Morgan fingerprint density at radius 3 is 1.80 bits per heavy atom. The molecule has 2 aromatic carbocycles. The molecule has 0 bridgehead atoms. The zero-order valence-electron chi connectivity index (χ0n) is 23.9. The second-order valence-electron chi connectivity index (χ2n) is 10.5. The first-order valence-electron chi connectivity index (χ1n) is 13.0. The maximum Gasteiger partial charge on any atom is 0.416 e. The number of esters is 1. The number of alkyl halides is 9. The first-order chi connectivity index (χ1) is 20.0. The van der Waals surface area contributed by atoms with Crippen LogP contribution in [0.5, 0.6) is 0 Å². The van der Waals surface area contributed by atoms with Gasteiger partial charge in [-0.25, -0.2) is 9.59 Å². The third kappa shape index (κ3) is 10.9. The topological polar surface area (TPSA) is 55.8 Å². The van der Waals surface area contributed by atoms with Crippen molar-refractivity contribution < 1.29 is 58.6 Å². The van der Waals surface area contributed by atoms with Crippen molar-refractivity contribution in [2.24, 2.45) is 0 Å². The molecule has 44 heavy (non-hydrogen) atoms. The molecule has 2 aromatic rings. The number of hydrogen-bond acceptors (Lipinski definition) is 4. The Morgan fingerprint density at radius 2 is 1.36 bits per heavy atom. The molecule has 1 unspecified atom stereocenters. The Kier molecular flexibility index (Phi) is 11.8. The van der Waals surface area contributed by atoms with Crippen LogP contribution in [0, 0.1) is 0 Å². The number of benzene rings is 2. The molecule has 244 valence electrons. The van der Waals surface area contributed by atoms with Gasteiger partial charge in [-0.05, 0) is 94.1 Å². The minimum absolute atomic E-state index is 0.00572. The van der Waals surface area contributed by atoms with E-state index in [1.54, 1.807) is 20.8 Å². The van der Waals surface area contributed by atoms with Gasteiger partial charge in [-0.15, -0.1) is 0 Å². The molecule has 1 heterocycles. The number of nitrogens with zero attached hydrogens (tertiary/aromatic N) is 1. The molecular weight excluding hydrogens is 633 g/mol. The van der Waals surface area contributed by atoms with E-state index in [2.05, 4.69) is 0 Å². The summed E-state index contributed by atoms with van der Waals surface area (Å²) in [5.41, 5.74) is -5.27. The number of ether oxygens (including phenoxy) is 2. The second-order valence-corrected chi connectivity index (χ2v) is 10.9. The van der Waals surface area contributed by atoms with Gasteiger partial charge in [0.15, 0.2) is 0 Å². The van der Waals surface area contributed by atoms with Gasteiger partial charge in [0.25, 0.3) is 0 Å². The summed E-state index contributed by atoms with van der Waals surface area (Å²) in [5, 5.41) is 0.304. The molecule has 1 aliphatic heterocycles. The number of carbonyl (C=O) groups excluding carboxylic acids is 2. The number of rotatable bonds is 4. The average molecular weight is 662 g/mol. The summed E-state index contributed by atoms with van der Waals surface area (Å²) in [6, 6.07) is 4.41. The van der Waals surface area contributed by atoms with Gasteiger partial charge in [0.1, 0.15) is 5.60 Å². The van der Waals surface area contributed by atoms with Crippen LogP contribution in [0.4, 0.5) is 44.3 Å². The van der Waals surface area contributed by atoms with E-state index in [1.165, 1.54) is 24.0 Å². The largest absolute Gasteiger partial charge is 0.463 e. The number of halogens is 10. The van der Waals surface area contributed by atoms with Gasteiger partial charge >= 0.3 is 30.6 Å². The summed E-state index contributed by atoms with van der Waals surface area (Å²) < 4.78 is 126. The van der Waals surface area contributed by atoms with Crippen LogP contribution in [-0.4, -0.2) is 41.8 Å². The lowest BCUT2D eigenvalue weighted by Gasteiger charge is -2.30. The van der Waals surface area contributed by atoms with Gasteiger partial charge in [-0.3, -0.25) is 0 Å². The maximum atomic E-state index is 13.4. The Bertz CT molecular complexity index is 1300. The summed E-state index contributed by atoms with van der Waals surface area (Å²) in [4.78, 5) is 26.0. The molecular formula is C29H29ClF9NO4. The van der Waals surface area contributed by atoms with Crippen LogP contribution < -0.4 is 0 Å². The molecule has 0 radical (unpaired) electrons. The third-order valence-corrected chi connectivity index (χ3v) is 6.14. The van der Waals surface area contributed by atoms with E-state index in [-0.39, 0.29) is 31.2 Å². The van der Waals surface area contributed by atoms with Gasteiger partial charge in [0.05, 0.1) is 29.3 Å². The van der Waals surface area contributed by atoms with E-state index in [0.29, 0.717) is 23.6 Å². The summed E-state index contributed by atoms with van der Waals surface area (Å²) in [7, 11) is 0. The lowest BCUT2D eigenvalue weighted by Crippen LogP contribution is -2.40. The molecule has 1 fully saturated rings. The Morgan fingerprint density at radius 1 is 0.864 bits per heavy atom. The van der Waals surface area contributed by atoms with Gasteiger partial charge in [0.2, 0.25) is 0 Å². The lowest BCUT2D eigenvalue weighted by molar-refractivity contribution is -0.143. The summed E-state index contributed by atoms with van der Waals surface area (Å²) in [5.74, 6) is -0.950. The van der Waals surface area contributed by atoms with Crippen molar-refractivity contribution in [2.75, 3.05) is 13.2 Å². The van der Waals surface area contributed by atoms with Crippen molar-refractivity contribution in [1.29, 1.82) is 0 Å². The number of amides is 1. The van der Waals surface area contributed by atoms with E-state index < -0.39 is 64.5 Å². The van der Waals surface area contributed by atoms with E-state index in [1.807, 2.05) is 0 Å². The quantitative estimate of drug-likeness (QED) is 0.186. The van der Waals surface area contributed by atoms with Crippen LogP contribution in [0.1, 0.15) is 62.8 Å². The van der Waals surface area contributed by atoms with Gasteiger partial charge in [-0.2, -0.15) is 39.5 Å². The van der Waals surface area contributed by atoms with Crippen LogP contribution in [0.15, 0.2) is 48.5 Å². The van der Waals surface area contributed by atoms with Gasteiger partial charge in [0, 0.05) is 17.6 Å². The molecule has 1 atom stereocenters. The van der Waals surface area contributed by atoms with E-state index >= 15 is 0 Å². The standard InChI is InChI=1S/C22H25F6NO4.C7H4ClF3/c1-5-32-18(30)12-16(17-7-6-8-29(17)19(31)33-20(2,3)4)13-9-14(21(23,24)25)11-15(10-13)22(26,27)28;8-6-3-1-5(2-4-6)7(9,10)11/h9-12,17H,5-8H2,1-4H3;1-4H/b16-12-;. The highest BCUT2D eigenvalue weighted by Gasteiger charge is 2.40. The monoisotopic (exact) mass is 661 g/mol. The van der Waals surface area contributed by atoms with Crippen molar-refractivity contribution in [1.82, 2.24) is 4.90 Å². The Hall–Kier alpha value is -3.42. The zero-order chi connectivity index (χ0) is 33.7. The number of carbonyl (C=O) groups is 2. The fourth-order valence-corrected chi connectivity index (χ4v) is 4.20. The number of hydrogen-bond donors (Lipinski definition) is 0. The van der Waals surface area contributed by atoms with Crippen LogP contribution in [-0.2, 0) is 32.8 Å². The minimum Gasteiger partial charge on any atom is -0.463 e. The van der Waals surface area contributed by atoms with Gasteiger partial charge < -0.3 is 14.4 Å². The van der Waals surface area contributed by atoms with Crippen molar-refractivity contribution >= 4 is 29.2 Å². The Balaban J connectivity index is 0.000000514. The number of likely N-dealkylation sites (tertiary alicyclic amines) is 1. The molecule has 0 aliphatic carbocycles. The summed E-state index contributed by atoms with van der Waals surface area (Å²) in [6.45, 7) is 6.46. The summed E-state index contributed by atoms with van der Waals surface area (Å²) in [6.07, 6.45) is -13.7. The molecule has 1 amide bonds. The van der Waals surface area contributed by atoms with Crippen molar-refractivity contribution in [2.45, 2.75) is 70.7 Å². The van der Waals surface area contributed by atoms with E-state index in [4.69, 9.17) is 21.1 Å². The lowest BCUT2D eigenvalue weighted by atomic mass is 9.92. The smallest absolute Gasteiger partial charge is 0.416 e. The highest BCUT2D eigenvalue weighted by molar-refractivity contribution is 6.30. The molecule has 0 spiro atoms. The molecule has 15 heteroatoms. The molecule has 3 rings (SSSR count). The van der Waals surface area contributed by atoms with Gasteiger partial charge in [-0.1, -0.05) is 11.6 Å². The predicted octanol–water partition coefficient (Wildman–Crippen LogP) is 9.43. The van der Waals surface area contributed by atoms with E-state index in [0.717, 1.165) is 18.2 Å². The highest BCUT2D eigenvalue weighted by atomic mass is 35.5. The van der Waals surface area contributed by atoms with E-state index in [9.17, 15) is 49.1 Å². The van der Waals surface area contributed by atoms with Crippen molar-refractivity contribution in [3.05, 3.63) is 75.8 Å². The SMILES string of the molecule is CCOC(=O)/C=C(/c1cc(C(F)(F)F)cc(C(F)(F)F)c1)C1CCCN1C(=O)OC(C)(C)C.FC(F)(F)c1ccc(Cl)cc1. The predicted molar refractivity (Wildman–Crippen MR) is 143 cm³/mol. The normalized spacial score (nSPS) is 16.3. The average Bonchev–Trinajstić information content (AvgIpc) is 3.35. The molecule has 1 aliphatic rings. The highest BCUT2D eigenvalue weighted by Crippen LogP contribution is 2.40. The Labute approximate surface area is 252 Å². The fraction of sp³-hybridized carbons (Fsp3) is 0.448. The van der Waals surface area contributed by atoms with Crippen LogP contribution in [0.3, 0.4) is 0 Å². The maximum absolute atomic E-state index is 13.4. The second kappa shape index (κ2) is 14.1. The molecule has 0 saturated carbocycles. The molecule has 1 saturated heterocycles. The van der Waals surface area contributed by atoms with Crippen LogP contribution in [0.25, 0.3) is 5.57 Å². The first kappa shape index (κ1) is 36.8. The summed E-state index contributed by atoms with van der Waals surface area (Å²) >= 11 is 5.39. The molecule has 5 nitrogen and oxygen atoms in total. The zero-order valence-corrected chi connectivity index (χ0v) is 24.6.